The fraction of sp³-hybridized carbons (Fsp3) is 0.130. The Kier molecular flexibility index (Phi) is 10.2. The number of thiophene rings is 1. The van der Waals surface area contributed by atoms with Crippen molar-refractivity contribution in [2.75, 3.05) is 4.90 Å². The number of fused-ring (bicyclic) bond motifs is 4. The predicted octanol–water partition coefficient (Wildman–Crippen LogP) is 13.4. The van der Waals surface area contributed by atoms with Crippen LogP contribution in [0.2, 0.25) is 0 Å². The quantitative estimate of drug-likeness (QED) is 0.0948. The molecule has 2 aliphatic carbocycles. The van der Waals surface area contributed by atoms with Crippen LogP contribution in [0, 0.1) is 5.92 Å². The van der Waals surface area contributed by atoms with E-state index in [2.05, 4.69) is 201 Å². The van der Waals surface area contributed by atoms with Gasteiger partial charge in [0, 0.05) is 54.4 Å². The van der Waals surface area contributed by atoms with Gasteiger partial charge in [-0.3, -0.25) is 4.99 Å². The van der Waals surface area contributed by atoms with Crippen LogP contribution < -0.4 is 15.3 Å². The predicted molar refractivity (Wildman–Crippen MR) is 248 cm³/mol. The number of anilines is 3. The summed E-state index contributed by atoms with van der Waals surface area (Å²) >= 11 is 1.86. The van der Waals surface area contributed by atoms with E-state index in [1.165, 1.54) is 58.4 Å². The Morgan fingerprint density at radius 3 is 2.16 bits per heavy atom. The highest BCUT2D eigenvalue weighted by Crippen LogP contribution is 2.41. The SMILES string of the molecule is C=C(CC(=C)C(N=C(C)c1cccc2sc3cc(-c4cccc(N(c5ccccc5)c5ccccc5)c4)ccc3c12)C1=CCCC=C1)C1C=c2ccccc2=CC1. The van der Waals surface area contributed by atoms with Crippen LogP contribution >= 0.6 is 11.3 Å². The van der Waals surface area contributed by atoms with E-state index in [1.807, 2.05) is 11.3 Å². The Balaban J connectivity index is 1.04. The lowest BCUT2D eigenvalue weighted by molar-refractivity contribution is 0.766. The number of para-hydroxylation sites is 2. The third kappa shape index (κ3) is 7.51. The van der Waals surface area contributed by atoms with Gasteiger partial charge in [0.25, 0.3) is 0 Å². The first-order chi connectivity index (χ1) is 28.0. The van der Waals surface area contributed by atoms with Crippen LogP contribution in [0.25, 0.3) is 43.5 Å². The number of benzene rings is 6. The highest BCUT2D eigenvalue weighted by Gasteiger charge is 2.22. The van der Waals surface area contributed by atoms with Crippen LogP contribution in [-0.4, -0.2) is 11.8 Å². The maximum absolute atomic E-state index is 5.52. The second kappa shape index (κ2) is 16.1. The molecule has 0 N–H and O–H groups in total. The zero-order valence-electron chi connectivity index (χ0n) is 32.4. The molecule has 3 heteroatoms. The summed E-state index contributed by atoms with van der Waals surface area (Å²) < 4.78 is 2.54. The van der Waals surface area contributed by atoms with Crippen LogP contribution in [0.5, 0.6) is 0 Å². The zero-order valence-corrected chi connectivity index (χ0v) is 33.3. The molecule has 1 aromatic heterocycles. The number of allylic oxidation sites excluding steroid dienone is 3. The van der Waals surface area contributed by atoms with Gasteiger partial charge in [0.05, 0.1) is 6.04 Å². The minimum Gasteiger partial charge on any atom is -0.310 e. The van der Waals surface area contributed by atoms with E-state index in [0.29, 0.717) is 5.92 Å². The van der Waals surface area contributed by atoms with Crippen molar-refractivity contribution in [2.45, 2.75) is 38.6 Å². The molecule has 6 aromatic carbocycles. The summed E-state index contributed by atoms with van der Waals surface area (Å²) in [5.74, 6) is 0.295. The monoisotopic (exact) mass is 754 g/mol. The summed E-state index contributed by atoms with van der Waals surface area (Å²) in [5, 5.41) is 5.13. The lowest BCUT2D eigenvalue weighted by Crippen LogP contribution is -2.29. The largest absolute Gasteiger partial charge is 0.310 e. The molecule has 0 fully saturated rings. The molecule has 0 radical (unpaired) electrons. The first-order valence-electron chi connectivity index (χ1n) is 20.0. The molecule has 2 unspecified atom stereocenters. The van der Waals surface area contributed by atoms with E-state index in [0.717, 1.165) is 54.0 Å². The topological polar surface area (TPSA) is 15.6 Å². The molecule has 2 aliphatic rings. The molecule has 1 heterocycles. The second-order valence-electron chi connectivity index (χ2n) is 15.2. The van der Waals surface area contributed by atoms with Gasteiger partial charge in [0.2, 0.25) is 0 Å². The van der Waals surface area contributed by atoms with Crippen molar-refractivity contribution < 1.29 is 0 Å². The molecule has 0 aliphatic heterocycles. The van der Waals surface area contributed by atoms with Crippen molar-refractivity contribution in [3.63, 3.8) is 0 Å². The molecule has 0 spiro atoms. The molecule has 0 bridgehead atoms. The van der Waals surface area contributed by atoms with Crippen molar-refractivity contribution in [2.24, 2.45) is 10.9 Å². The van der Waals surface area contributed by atoms with Crippen molar-refractivity contribution >= 4 is 66.4 Å². The zero-order chi connectivity index (χ0) is 38.7. The molecule has 0 saturated carbocycles. The van der Waals surface area contributed by atoms with E-state index in [4.69, 9.17) is 4.99 Å². The average Bonchev–Trinajstić information content (AvgIpc) is 3.65. The third-order valence-electron chi connectivity index (χ3n) is 11.3. The van der Waals surface area contributed by atoms with E-state index in [9.17, 15) is 0 Å². The fourth-order valence-corrected chi connectivity index (χ4v) is 9.60. The molecule has 278 valence electrons. The van der Waals surface area contributed by atoms with Gasteiger partial charge in [-0.15, -0.1) is 11.3 Å². The molecule has 0 amide bonds. The van der Waals surface area contributed by atoms with Crippen LogP contribution in [0.4, 0.5) is 17.1 Å². The highest BCUT2D eigenvalue weighted by molar-refractivity contribution is 7.25. The molecule has 2 nitrogen and oxygen atoms in total. The maximum atomic E-state index is 5.52. The normalized spacial score (nSPS) is 15.6. The Labute approximate surface area is 340 Å². The number of aliphatic imine (C=N–C) groups is 1. The van der Waals surface area contributed by atoms with Gasteiger partial charge in [-0.2, -0.15) is 0 Å². The number of rotatable bonds is 11. The van der Waals surface area contributed by atoms with Crippen molar-refractivity contribution in [3.05, 3.63) is 210 Å². The second-order valence-corrected chi connectivity index (χ2v) is 16.3. The summed E-state index contributed by atoms with van der Waals surface area (Å²) in [4.78, 5) is 7.84. The van der Waals surface area contributed by atoms with Gasteiger partial charge in [0.15, 0.2) is 0 Å². The average molecular weight is 755 g/mol. The first kappa shape index (κ1) is 36.4. The highest BCUT2D eigenvalue weighted by atomic mass is 32.1. The van der Waals surface area contributed by atoms with E-state index in [1.54, 1.807) is 0 Å². The minimum atomic E-state index is -0.136. The first-order valence-corrected chi connectivity index (χ1v) is 20.8. The van der Waals surface area contributed by atoms with Gasteiger partial charge in [-0.1, -0.05) is 146 Å². The Bertz CT molecular complexity index is 2820. The third-order valence-corrected chi connectivity index (χ3v) is 12.5. The number of hydrogen-bond acceptors (Lipinski definition) is 3. The molecule has 9 rings (SSSR count). The van der Waals surface area contributed by atoms with E-state index < -0.39 is 0 Å². The van der Waals surface area contributed by atoms with Gasteiger partial charge in [-0.05, 0) is 114 Å². The smallest absolute Gasteiger partial charge is 0.0960 e. The summed E-state index contributed by atoms with van der Waals surface area (Å²) in [6, 6.07) is 52.1. The van der Waals surface area contributed by atoms with Gasteiger partial charge in [0.1, 0.15) is 0 Å². The minimum absolute atomic E-state index is 0.136. The molecule has 57 heavy (non-hydrogen) atoms. The fourth-order valence-electron chi connectivity index (χ4n) is 8.43. The number of nitrogens with zero attached hydrogens (tertiary/aromatic N) is 2. The summed E-state index contributed by atoms with van der Waals surface area (Å²) in [5.41, 5.74) is 11.5. The standard InChI is InChI=1S/C54H46N2S/c1-37(42-30-29-40-17-13-14-20-43(40)34-42)33-38(2)54(41-18-7-4-8-19-41)55-39(3)49-27-16-28-51-53(49)50-32-31-45(36-52(50)57-51)44-21-15-26-48(35-44)56(46-22-9-5-10-23-46)47-24-11-6-12-25-47/h5-7,9-29,31-32,34-36,42,54H,1-2,4,8,30,33H2,3H3. The molecular formula is C54H46N2S. The Morgan fingerprint density at radius 1 is 0.702 bits per heavy atom. The Hall–Kier alpha value is -6.29. The molecule has 7 aromatic rings. The van der Waals surface area contributed by atoms with Crippen molar-refractivity contribution in [3.8, 4) is 11.1 Å². The van der Waals surface area contributed by atoms with Crippen molar-refractivity contribution in [1.82, 2.24) is 0 Å². The summed E-state index contributed by atoms with van der Waals surface area (Å²) in [7, 11) is 0. The van der Waals surface area contributed by atoms with E-state index >= 15 is 0 Å². The van der Waals surface area contributed by atoms with Crippen LogP contribution in [0.1, 0.15) is 38.2 Å². The van der Waals surface area contributed by atoms with Crippen LogP contribution in [0.15, 0.2) is 199 Å². The van der Waals surface area contributed by atoms with Gasteiger partial charge >= 0.3 is 0 Å². The molecule has 2 atom stereocenters. The van der Waals surface area contributed by atoms with E-state index in [-0.39, 0.29) is 6.04 Å². The van der Waals surface area contributed by atoms with Gasteiger partial charge in [-0.25, -0.2) is 0 Å². The molecular weight excluding hydrogens is 709 g/mol. The summed E-state index contributed by atoms with van der Waals surface area (Å²) in [6.07, 6.45) is 15.4. The van der Waals surface area contributed by atoms with Crippen molar-refractivity contribution in [1.29, 1.82) is 0 Å². The maximum Gasteiger partial charge on any atom is 0.0960 e. The van der Waals surface area contributed by atoms with Crippen LogP contribution in [-0.2, 0) is 0 Å². The van der Waals surface area contributed by atoms with Crippen LogP contribution in [0.3, 0.4) is 0 Å². The lowest BCUT2D eigenvalue weighted by Gasteiger charge is -2.25. The molecule has 0 saturated heterocycles. The lowest BCUT2D eigenvalue weighted by atomic mass is 9.85. The Morgan fingerprint density at radius 2 is 1.40 bits per heavy atom. The summed E-state index contributed by atoms with van der Waals surface area (Å²) in [6.45, 7) is 11.4. The van der Waals surface area contributed by atoms with Gasteiger partial charge < -0.3 is 4.90 Å². The number of hydrogen-bond donors (Lipinski definition) is 0.